The average Bonchev–Trinajstić information content (AvgIpc) is 3.86. The number of rotatable bonds is 26. The molecule has 23 nitrogen and oxygen atoms in total. The van der Waals surface area contributed by atoms with Crippen molar-refractivity contribution in [3.63, 3.8) is 0 Å². The molecule has 0 radical (unpaired) electrons. The van der Waals surface area contributed by atoms with Crippen LogP contribution in [0.4, 0.5) is 20.4 Å². The molecular formula is C51H69F2N9O14S. The largest absolute Gasteiger partial charge is 0.493 e. The van der Waals surface area contributed by atoms with Gasteiger partial charge in [0.15, 0.2) is 5.82 Å². The van der Waals surface area contributed by atoms with Crippen LogP contribution in [-0.4, -0.2) is 162 Å². The van der Waals surface area contributed by atoms with Gasteiger partial charge in [0, 0.05) is 75.5 Å². The van der Waals surface area contributed by atoms with Crippen molar-refractivity contribution in [2.45, 2.75) is 102 Å². The summed E-state index contributed by atoms with van der Waals surface area (Å²) in [6, 6.07) is 4.60. The fraction of sp³-hybridized carbons (Fsp3) is 0.549. The summed E-state index contributed by atoms with van der Waals surface area (Å²) in [5, 5.41) is 23.0. The highest BCUT2D eigenvalue weighted by molar-refractivity contribution is 7.92. The van der Waals surface area contributed by atoms with E-state index in [-0.39, 0.29) is 119 Å². The number of carboxylic acid groups (broad SMARTS) is 1. The van der Waals surface area contributed by atoms with Crippen molar-refractivity contribution in [3.8, 4) is 22.8 Å². The number of aliphatic carboxylic acids is 1. The van der Waals surface area contributed by atoms with Gasteiger partial charge in [0.05, 0.1) is 80.5 Å². The second kappa shape index (κ2) is 30.1. The molecule has 4 bridgehead atoms. The van der Waals surface area contributed by atoms with Crippen LogP contribution in [-0.2, 0) is 63.3 Å². The van der Waals surface area contributed by atoms with Crippen LogP contribution in [0.25, 0.3) is 11.3 Å². The fourth-order valence-electron chi connectivity index (χ4n) is 8.16. The number of carboxylic acids is 1. The summed E-state index contributed by atoms with van der Waals surface area (Å²) in [6.07, 6.45) is 2.63. The normalized spacial score (nSPS) is 16.6. The maximum atomic E-state index is 15.1. The Hall–Kier alpha value is -6.90. The lowest BCUT2D eigenvalue weighted by molar-refractivity contribution is -0.146. The van der Waals surface area contributed by atoms with E-state index >= 15 is 4.39 Å². The topological polar surface area (TPSA) is 304 Å². The minimum atomic E-state index is -3.38. The molecule has 0 aliphatic carbocycles. The summed E-state index contributed by atoms with van der Waals surface area (Å²) in [4.78, 5) is 99.0. The van der Waals surface area contributed by atoms with E-state index in [9.17, 15) is 47.3 Å². The number of likely N-dealkylation sites (tertiary alicyclic amines) is 1. The first-order chi connectivity index (χ1) is 36.7. The lowest BCUT2D eigenvalue weighted by Gasteiger charge is -2.29. The number of hydrogen-bond acceptors (Lipinski definition) is 16. The number of carbonyl (C=O) groups is 7. The minimum Gasteiger partial charge on any atom is -0.493 e. The van der Waals surface area contributed by atoms with Gasteiger partial charge in [-0.3, -0.25) is 33.6 Å². The number of nitrogens with one attached hydrogen (secondary N) is 5. The van der Waals surface area contributed by atoms with E-state index in [1.165, 1.54) is 24.3 Å². The molecule has 2 aliphatic heterocycles. The Bertz CT molecular complexity index is 2690. The molecule has 77 heavy (non-hydrogen) atoms. The maximum Gasteiger partial charge on any atom is 0.305 e. The van der Waals surface area contributed by atoms with Crippen molar-refractivity contribution in [1.82, 2.24) is 36.1 Å². The number of fused-ring (bicyclic) bond motifs is 6. The van der Waals surface area contributed by atoms with Crippen LogP contribution < -0.4 is 36.1 Å². The smallest absolute Gasteiger partial charge is 0.305 e. The predicted octanol–water partition coefficient (Wildman–Crippen LogP) is 3.40. The SMILES string of the molecule is CNC(=O)CCCC(=O)NCCOCCOCCOCCC(=O)N[C@@H](CC(=O)O)C(=O)N1CCC[C@H]1C(=O)N[C@H](C(=O)N=[S@@](C)(=O)Cc1cc2cc(c1)O[C@@H](C)CCOc1cc(F)ccc1-c1nc(ncc1F)N2)C(C)C. The first-order valence-electron chi connectivity index (χ1n) is 25.3. The molecule has 1 aromatic heterocycles. The van der Waals surface area contributed by atoms with E-state index in [0.29, 0.717) is 42.8 Å². The molecule has 1 saturated heterocycles. The number of benzene rings is 2. The number of anilines is 2. The Balaban J connectivity index is 1.13. The molecule has 6 amide bonds. The molecule has 3 heterocycles. The quantitative estimate of drug-likeness (QED) is 0.0628. The Morgan fingerprint density at radius 1 is 0.922 bits per heavy atom. The molecule has 6 N–H and O–H groups in total. The molecule has 26 heteroatoms. The number of nitrogens with zero attached hydrogens (tertiary/aromatic N) is 4. The molecule has 0 saturated carbocycles. The van der Waals surface area contributed by atoms with Gasteiger partial charge in [-0.2, -0.15) is 4.36 Å². The second-order valence-electron chi connectivity index (χ2n) is 18.7. The summed E-state index contributed by atoms with van der Waals surface area (Å²) in [6.45, 7) is 6.56. The highest BCUT2D eigenvalue weighted by Gasteiger charge is 2.40. The van der Waals surface area contributed by atoms with E-state index in [0.717, 1.165) is 18.3 Å². The standard InChI is InChI=1S/C51H69F2N9O14S/c1-31(2)46(49(69)61-77(5,71)30-33-24-35-27-36(25-33)76-32(3)13-18-75-41-26-34(52)11-12-37(41)47-38(53)29-56-51(57-35)60-47)59-48(68)40-8-7-16-62(40)50(70)39(28-45(66)67)58-44(65)14-17-72-20-22-74-23-21-73-19-15-55-43(64)10-6-9-42(63)54-4/h11-12,24-27,29,31-32,39-40,46H,6-10,13-23,28,30H2,1-5H3,(H,54,63)(H,55,64)(H,58,65)(H,59,68)(H,66,67)(H,56,57,60)/t32-,39-,40-,46-,77-/m0/s1. The van der Waals surface area contributed by atoms with Crippen molar-refractivity contribution in [3.05, 3.63) is 59.8 Å². The number of amides is 6. The van der Waals surface area contributed by atoms with Gasteiger partial charge in [0.25, 0.3) is 5.91 Å². The second-order valence-corrected chi connectivity index (χ2v) is 21.1. The van der Waals surface area contributed by atoms with Crippen molar-refractivity contribution in [2.24, 2.45) is 10.3 Å². The third-order valence-corrected chi connectivity index (χ3v) is 13.4. The zero-order valence-electron chi connectivity index (χ0n) is 43.9. The molecule has 0 spiro atoms. The summed E-state index contributed by atoms with van der Waals surface area (Å²) < 4.78 is 76.0. The number of hydrogen-bond donors (Lipinski definition) is 6. The summed E-state index contributed by atoms with van der Waals surface area (Å²) in [7, 11) is -1.84. The van der Waals surface area contributed by atoms with E-state index in [1.807, 2.05) is 0 Å². The molecule has 1 fully saturated rings. The zero-order valence-corrected chi connectivity index (χ0v) is 44.7. The summed E-state index contributed by atoms with van der Waals surface area (Å²) >= 11 is 0. The molecule has 0 unspecified atom stereocenters. The molecule has 422 valence electrons. The molecule has 5 rings (SSSR count). The van der Waals surface area contributed by atoms with Crippen LogP contribution in [0.5, 0.6) is 11.5 Å². The van der Waals surface area contributed by atoms with Crippen LogP contribution in [0.1, 0.15) is 77.7 Å². The maximum absolute atomic E-state index is 15.1. The Labute approximate surface area is 445 Å². The van der Waals surface area contributed by atoms with E-state index < -0.39 is 87.5 Å². The summed E-state index contributed by atoms with van der Waals surface area (Å²) in [5.41, 5.74) is 0.845. The number of ether oxygens (including phenoxy) is 5. The third kappa shape index (κ3) is 20.2. The predicted molar refractivity (Wildman–Crippen MR) is 276 cm³/mol. The first-order valence-corrected chi connectivity index (χ1v) is 27.4. The highest BCUT2D eigenvalue weighted by atomic mass is 32.2. The Morgan fingerprint density at radius 2 is 1.64 bits per heavy atom. The van der Waals surface area contributed by atoms with Crippen LogP contribution in [0.2, 0.25) is 0 Å². The molecule has 2 aliphatic rings. The number of carbonyl (C=O) groups excluding carboxylic acids is 6. The van der Waals surface area contributed by atoms with Crippen molar-refractivity contribution >= 4 is 62.8 Å². The minimum absolute atomic E-state index is 0.0333. The van der Waals surface area contributed by atoms with E-state index in [4.69, 9.17) is 23.7 Å². The zero-order chi connectivity index (χ0) is 56.1. The van der Waals surface area contributed by atoms with Gasteiger partial charge in [-0.15, -0.1) is 0 Å². The van der Waals surface area contributed by atoms with E-state index in [1.54, 1.807) is 39.0 Å². The molecule has 5 atom stereocenters. The van der Waals surface area contributed by atoms with Gasteiger partial charge in [0.2, 0.25) is 35.5 Å². The van der Waals surface area contributed by atoms with Crippen LogP contribution >= 0.6 is 0 Å². The van der Waals surface area contributed by atoms with Gasteiger partial charge in [-0.05, 0) is 61.9 Å². The van der Waals surface area contributed by atoms with Crippen LogP contribution in [0.3, 0.4) is 0 Å². The van der Waals surface area contributed by atoms with Gasteiger partial charge in [0.1, 0.15) is 41.1 Å². The molecular weight excluding hydrogens is 1030 g/mol. The van der Waals surface area contributed by atoms with Crippen molar-refractivity contribution < 1.29 is 75.3 Å². The summed E-state index contributed by atoms with van der Waals surface area (Å²) in [5.74, 6) is -6.55. The van der Waals surface area contributed by atoms with Crippen molar-refractivity contribution in [1.29, 1.82) is 0 Å². The van der Waals surface area contributed by atoms with E-state index in [2.05, 4.69) is 40.9 Å². The van der Waals surface area contributed by atoms with Gasteiger partial charge in [-0.1, -0.05) is 13.8 Å². The third-order valence-electron chi connectivity index (χ3n) is 12.0. The number of halogens is 2. The first kappa shape index (κ1) is 61.0. The van der Waals surface area contributed by atoms with Gasteiger partial charge >= 0.3 is 5.97 Å². The highest BCUT2D eigenvalue weighted by Crippen LogP contribution is 2.34. The lowest BCUT2D eigenvalue weighted by Crippen LogP contribution is -2.56. The Morgan fingerprint density at radius 3 is 2.35 bits per heavy atom. The van der Waals surface area contributed by atoms with Crippen LogP contribution in [0, 0.1) is 17.6 Å². The average molecular weight is 1100 g/mol. The molecule has 3 aromatic rings. The Kier molecular flexibility index (Phi) is 23.9. The molecule has 2 aromatic carbocycles. The lowest BCUT2D eigenvalue weighted by atomic mass is 10.0. The van der Waals surface area contributed by atoms with Gasteiger partial charge in [-0.25, -0.2) is 23.0 Å². The monoisotopic (exact) mass is 1100 g/mol. The van der Waals surface area contributed by atoms with Crippen LogP contribution in [0.15, 0.2) is 47.0 Å². The number of aromatic nitrogens is 2. The fourth-order valence-corrected chi connectivity index (χ4v) is 9.50. The van der Waals surface area contributed by atoms with Gasteiger partial charge < -0.3 is 60.3 Å². The van der Waals surface area contributed by atoms with Crippen molar-refractivity contribution in [2.75, 3.05) is 78.0 Å².